The highest BCUT2D eigenvalue weighted by Crippen LogP contribution is 2.22. The number of nitrogens with zero attached hydrogens (tertiary/aromatic N) is 1. The minimum absolute atomic E-state index is 0.132. The Labute approximate surface area is 106 Å². The maximum Gasteiger partial charge on any atom is 0.253 e. The lowest BCUT2D eigenvalue weighted by Gasteiger charge is -2.14. The highest BCUT2D eigenvalue weighted by molar-refractivity contribution is 5.99. The third-order valence-corrected chi connectivity index (χ3v) is 3.27. The molecule has 0 bridgehead atoms. The van der Waals surface area contributed by atoms with Crippen LogP contribution in [0.4, 0.5) is 5.69 Å². The Kier molecular flexibility index (Phi) is 4.11. The van der Waals surface area contributed by atoms with Gasteiger partial charge >= 0.3 is 0 Å². The number of hydrazine groups is 1. The molecule has 2 rings (SSSR count). The van der Waals surface area contributed by atoms with E-state index in [2.05, 4.69) is 15.7 Å². The van der Waals surface area contributed by atoms with Gasteiger partial charge in [-0.3, -0.25) is 15.6 Å². The van der Waals surface area contributed by atoms with Gasteiger partial charge in [-0.15, -0.1) is 0 Å². The second-order valence-corrected chi connectivity index (χ2v) is 4.41. The largest absolute Gasteiger partial charge is 0.381 e. The quantitative estimate of drug-likeness (QED) is 0.539. The fourth-order valence-electron chi connectivity index (χ4n) is 2.26. The number of methoxy groups -OCH3 is 1. The summed E-state index contributed by atoms with van der Waals surface area (Å²) in [6.07, 6.45) is 6.14. The Hall–Kier alpha value is -1.66. The standard InChI is InChI=1S/C12H18N4O2/c1-18-9-3-2-8(6-9)15-12(17)10-4-5-14-7-11(10)16-13/h4-5,7-9,16H,2-3,6,13H2,1H3,(H,15,17). The number of amides is 1. The van der Waals surface area contributed by atoms with Crippen molar-refractivity contribution in [2.45, 2.75) is 31.4 Å². The van der Waals surface area contributed by atoms with Gasteiger partial charge in [0.15, 0.2) is 0 Å². The SMILES string of the molecule is COC1CCC(NC(=O)c2ccncc2NN)C1. The third-order valence-electron chi connectivity index (χ3n) is 3.27. The van der Waals surface area contributed by atoms with E-state index in [1.165, 1.54) is 6.20 Å². The van der Waals surface area contributed by atoms with E-state index in [4.69, 9.17) is 10.6 Å². The summed E-state index contributed by atoms with van der Waals surface area (Å²) < 4.78 is 5.28. The molecule has 1 amide bonds. The van der Waals surface area contributed by atoms with Crippen LogP contribution in [0.1, 0.15) is 29.6 Å². The second-order valence-electron chi connectivity index (χ2n) is 4.41. The first-order chi connectivity index (χ1) is 8.74. The number of anilines is 1. The lowest BCUT2D eigenvalue weighted by atomic mass is 10.2. The van der Waals surface area contributed by atoms with Crippen LogP contribution in [0.15, 0.2) is 18.5 Å². The molecule has 98 valence electrons. The minimum Gasteiger partial charge on any atom is -0.381 e. The summed E-state index contributed by atoms with van der Waals surface area (Å²) in [4.78, 5) is 16.0. The Morgan fingerprint density at radius 3 is 3.06 bits per heavy atom. The van der Waals surface area contributed by atoms with Crippen LogP contribution in [0.5, 0.6) is 0 Å². The van der Waals surface area contributed by atoms with Gasteiger partial charge in [0.05, 0.1) is 23.6 Å². The molecule has 1 heterocycles. The number of nitrogens with two attached hydrogens (primary N) is 1. The lowest BCUT2D eigenvalue weighted by Crippen LogP contribution is -2.34. The molecule has 1 saturated carbocycles. The number of carbonyl (C=O) groups excluding carboxylic acids is 1. The molecule has 1 aromatic rings. The van der Waals surface area contributed by atoms with Crippen molar-refractivity contribution < 1.29 is 9.53 Å². The van der Waals surface area contributed by atoms with Crippen LogP contribution in [0, 0.1) is 0 Å². The summed E-state index contributed by atoms with van der Waals surface area (Å²) in [5.74, 6) is 5.22. The average molecular weight is 250 g/mol. The Balaban J connectivity index is 2.00. The Morgan fingerprint density at radius 2 is 2.39 bits per heavy atom. The van der Waals surface area contributed by atoms with Crippen LogP contribution in [0.25, 0.3) is 0 Å². The number of nitrogens with one attached hydrogen (secondary N) is 2. The highest BCUT2D eigenvalue weighted by atomic mass is 16.5. The molecule has 0 aromatic carbocycles. The van der Waals surface area contributed by atoms with Crippen molar-refractivity contribution in [3.63, 3.8) is 0 Å². The number of carbonyl (C=O) groups is 1. The first kappa shape index (κ1) is 12.8. The zero-order chi connectivity index (χ0) is 13.0. The van der Waals surface area contributed by atoms with Crippen LogP contribution in [0.2, 0.25) is 0 Å². The third kappa shape index (κ3) is 2.77. The van der Waals surface area contributed by atoms with Crippen molar-refractivity contribution in [2.75, 3.05) is 12.5 Å². The Morgan fingerprint density at radius 1 is 1.56 bits per heavy atom. The van der Waals surface area contributed by atoms with Gasteiger partial charge in [0.2, 0.25) is 0 Å². The predicted molar refractivity (Wildman–Crippen MR) is 67.9 cm³/mol. The van der Waals surface area contributed by atoms with Crippen LogP contribution < -0.4 is 16.6 Å². The molecule has 1 fully saturated rings. The van der Waals surface area contributed by atoms with E-state index in [0.29, 0.717) is 11.3 Å². The summed E-state index contributed by atoms with van der Waals surface area (Å²) in [7, 11) is 1.70. The van der Waals surface area contributed by atoms with E-state index in [1.807, 2.05) is 0 Å². The lowest BCUT2D eigenvalue weighted by molar-refractivity contribution is 0.0915. The van der Waals surface area contributed by atoms with Gasteiger partial charge < -0.3 is 15.5 Å². The average Bonchev–Trinajstić information content (AvgIpc) is 2.86. The maximum absolute atomic E-state index is 12.1. The van der Waals surface area contributed by atoms with E-state index < -0.39 is 0 Å². The number of aromatic nitrogens is 1. The molecular formula is C12H18N4O2. The molecule has 0 radical (unpaired) electrons. The van der Waals surface area contributed by atoms with Crippen molar-refractivity contribution in [1.82, 2.24) is 10.3 Å². The van der Waals surface area contributed by atoms with Gasteiger partial charge in [-0.2, -0.15) is 0 Å². The summed E-state index contributed by atoms with van der Waals surface area (Å²) in [6, 6.07) is 1.81. The van der Waals surface area contributed by atoms with Gasteiger partial charge in [0.1, 0.15) is 0 Å². The molecule has 1 aliphatic carbocycles. The molecule has 6 heteroatoms. The number of nitrogen functional groups attached to an aromatic ring is 1. The number of ether oxygens (including phenoxy) is 1. The van der Waals surface area contributed by atoms with Crippen LogP contribution in [-0.4, -0.2) is 30.1 Å². The summed E-state index contributed by atoms with van der Waals surface area (Å²) >= 11 is 0. The molecule has 0 spiro atoms. The van der Waals surface area contributed by atoms with Crippen molar-refractivity contribution in [1.29, 1.82) is 0 Å². The molecular weight excluding hydrogens is 232 g/mol. The summed E-state index contributed by atoms with van der Waals surface area (Å²) in [5.41, 5.74) is 3.51. The highest BCUT2D eigenvalue weighted by Gasteiger charge is 2.26. The van der Waals surface area contributed by atoms with Gasteiger partial charge in [0.25, 0.3) is 5.91 Å². The molecule has 1 aromatic heterocycles. The molecule has 0 aliphatic heterocycles. The molecule has 0 saturated heterocycles. The number of hydrogen-bond acceptors (Lipinski definition) is 5. The Bertz CT molecular complexity index is 424. The number of pyridine rings is 1. The molecule has 1 aliphatic rings. The summed E-state index contributed by atoms with van der Waals surface area (Å²) in [5, 5.41) is 2.99. The summed E-state index contributed by atoms with van der Waals surface area (Å²) in [6.45, 7) is 0. The second kappa shape index (κ2) is 5.79. The van der Waals surface area contributed by atoms with E-state index in [-0.39, 0.29) is 18.1 Å². The van der Waals surface area contributed by atoms with E-state index in [0.717, 1.165) is 19.3 Å². The van der Waals surface area contributed by atoms with E-state index >= 15 is 0 Å². The molecule has 4 N–H and O–H groups in total. The van der Waals surface area contributed by atoms with E-state index in [1.54, 1.807) is 19.4 Å². The fraction of sp³-hybridized carbons (Fsp3) is 0.500. The molecule has 2 atom stereocenters. The van der Waals surface area contributed by atoms with Crippen molar-refractivity contribution in [3.8, 4) is 0 Å². The van der Waals surface area contributed by atoms with Gasteiger partial charge in [-0.25, -0.2) is 0 Å². The van der Waals surface area contributed by atoms with E-state index in [9.17, 15) is 4.79 Å². The smallest absolute Gasteiger partial charge is 0.253 e. The first-order valence-electron chi connectivity index (χ1n) is 5.99. The number of hydrogen-bond donors (Lipinski definition) is 3. The monoisotopic (exact) mass is 250 g/mol. The van der Waals surface area contributed by atoms with Crippen molar-refractivity contribution in [3.05, 3.63) is 24.0 Å². The molecule has 6 nitrogen and oxygen atoms in total. The van der Waals surface area contributed by atoms with Gasteiger partial charge in [0, 0.05) is 19.3 Å². The van der Waals surface area contributed by atoms with Crippen LogP contribution in [0.3, 0.4) is 0 Å². The van der Waals surface area contributed by atoms with Gasteiger partial charge in [-0.05, 0) is 25.3 Å². The number of rotatable bonds is 4. The molecule has 2 unspecified atom stereocenters. The van der Waals surface area contributed by atoms with Crippen LogP contribution in [-0.2, 0) is 4.74 Å². The zero-order valence-electron chi connectivity index (χ0n) is 10.3. The minimum atomic E-state index is -0.132. The topological polar surface area (TPSA) is 89.3 Å². The predicted octanol–water partition coefficient (Wildman–Crippen LogP) is 0.665. The van der Waals surface area contributed by atoms with Crippen molar-refractivity contribution in [2.24, 2.45) is 5.84 Å². The first-order valence-corrected chi connectivity index (χ1v) is 5.99. The fourth-order valence-corrected chi connectivity index (χ4v) is 2.26. The van der Waals surface area contributed by atoms with Crippen LogP contribution >= 0.6 is 0 Å². The molecule has 18 heavy (non-hydrogen) atoms. The van der Waals surface area contributed by atoms with Gasteiger partial charge in [-0.1, -0.05) is 0 Å². The zero-order valence-corrected chi connectivity index (χ0v) is 10.3. The maximum atomic E-state index is 12.1. The normalized spacial score (nSPS) is 22.8. The van der Waals surface area contributed by atoms with Crippen molar-refractivity contribution >= 4 is 11.6 Å².